The summed E-state index contributed by atoms with van der Waals surface area (Å²) in [5.41, 5.74) is 3.22. The van der Waals surface area contributed by atoms with Crippen LogP contribution in [-0.2, 0) is 5.75 Å². The Morgan fingerprint density at radius 3 is 2.58 bits per heavy atom. The van der Waals surface area contributed by atoms with Crippen molar-refractivity contribution < 1.29 is 0 Å². The van der Waals surface area contributed by atoms with E-state index in [1.807, 2.05) is 6.07 Å². The maximum absolute atomic E-state index is 6.10. The van der Waals surface area contributed by atoms with Crippen LogP contribution in [0.1, 0.15) is 5.69 Å². The zero-order valence-electron chi connectivity index (χ0n) is 9.66. The quantitative estimate of drug-likeness (QED) is 0.486. The van der Waals surface area contributed by atoms with Crippen molar-refractivity contribution in [3.8, 4) is 0 Å². The van der Waals surface area contributed by atoms with Gasteiger partial charge in [0.1, 0.15) is 5.82 Å². The molecule has 0 atom stereocenters. The van der Waals surface area contributed by atoms with Crippen LogP contribution in [0, 0.1) is 0 Å². The molecule has 2 aromatic rings. The number of nitrogens with two attached hydrogens (primary N) is 1. The third kappa shape index (κ3) is 3.91. The van der Waals surface area contributed by atoms with Crippen LogP contribution in [0.25, 0.3) is 0 Å². The van der Waals surface area contributed by atoms with Gasteiger partial charge in [0.05, 0.1) is 15.7 Å². The molecule has 100 valence electrons. The molecule has 1 aromatic carbocycles. The van der Waals surface area contributed by atoms with Crippen molar-refractivity contribution in [1.82, 2.24) is 4.98 Å². The Kier molecular flexibility index (Phi) is 5.19. The first-order valence-corrected chi connectivity index (χ1v) is 7.42. The molecule has 0 saturated heterocycles. The second-order valence-electron chi connectivity index (χ2n) is 3.63. The fourth-order valence-electron chi connectivity index (χ4n) is 1.40. The van der Waals surface area contributed by atoms with Crippen molar-refractivity contribution in [2.75, 3.05) is 5.43 Å². The number of rotatable bonds is 4. The standard InChI is InChI=1S/C12H10Cl3N3S/c13-7-1-2-9(15)11(5-7)19-6-10-8(14)3-4-12(17-10)18-16/h1-5H,6,16H2,(H,17,18). The molecule has 7 heteroatoms. The lowest BCUT2D eigenvalue weighted by Crippen LogP contribution is -2.09. The van der Waals surface area contributed by atoms with Gasteiger partial charge in [0.15, 0.2) is 0 Å². The highest BCUT2D eigenvalue weighted by Gasteiger charge is 2.07. The third-order valence-corrected chi connectivity index (χ3v) is 4.41. The van der Waals surface area contributed by atoms with Gasteiger partial charge in [-0.3, -0.25) is 0 Å². The van der Waals surface area contributed by atoms with Crippen molar-refractivity contribution >= 4 is 52.4 Å². The van der Waals surface area contributed by atoms with E-state index >= 15 is 0 Å². The van der Waals surface area contributed by atoms with Crippen molar-refractivity contribution in [1.29, 1.82) is 0 Å². The van der Waals surface area contributed by atoms with E-state index in [4.69, 9.17) is 40.6 Å². The summed E-state index contributed by atoms with van der Waals surface area (Å²) in [6.45, 7) is 0. The number of thioether (sulfide) groups is 1. The van der Waals surface area contributed by atoms with Crippen molar-refractivity contribution in [2.24, 2.45) is 5.84 Å². The summed E-state index contributed by atoms with van der Waals surface area (Å²) in [4.78, 5) is 5.18. The molecule has 0 saturated carbocycles. The number of pyridine rings is 1. The van der Waals surface area contributed by atoms with E-state index < -0.39 is 0 Å². The summed E-state index contributed by atoms with van der Waals surface area (Å²) >= 11 is 19.6. The summed E-state index contributed by atoms with van der Waals surface area (Å²) in [5.74, 6) is 6.46. The van der Waals surface area contributed by atoms with Gasteiger partial charge in [-0.25, -0.2) is 10.8 Å². The van der Waals surface area contributed by atoms with E-state index in [9.17, 15) is 0 Å². The van der Waals surface area contributed by atoms with Crippen LogP contribution < -0.4 is 11.3 Å². The molecule has 3 N–H and O–H groups in total. The second kappa shape index (κ2) is 6.68. The van der Waals surface area contributed by atoms with Gasteiger partial charge in [0.2, 0.25) is 0 Å². The van der Waals surface area contributed by atoms with Gasteiger partial charge in [-0.1, -0.05) is 34.8 Å². The number of aromatic nitrogens is 1. The van der Waals surface area contributed by atoms with Crippen molar-refractivity contribution in [3.05, 3.63) is 51.1 Å². The highest BCUT2D eigenvalue weighted by atomic mass is 35.5. The van der Waals surface area contributed by atoms with Gasteiger partial charge in [-0.2, -0.15) is 0 Å². The topological polar surface area (TPSA) is 50.9 Å². The van der Waals surface area contributed by atoms with Crippen LogP contribution in [0.4, 0.5) is 5.82 Å². The summed E-state index contributed by atoms with van der Waals surface area (Å²) in [7, 11) is 0. The summed E-state index contributed by atoms with van der Waals surface area (Å²) in [5, 5.41) is 1.88. The Hall–Kier alpha value is -0.650. The highest BCUT2D eigenvalue weighted by molar-refractivity contribution is 7.98. The van der Waals surface area contributed by atoms with Gasteiger partial charge in [0, 0.05) is 15.7 Å². The average molecular weight is 335 g/mol. The predicted molar refractivity (Wildman–Crippen MR) is 83.1 cm³/mol. The summed E-state index contributed by atoms with van der Waals surface area (Å²) in [6.07, 6.45) is 0. The molecule has 0 radical (unpaired) electrons. The maximum Gasteiger partial charge on any atom is 0.140 e. The smallest absolute Gasteiger partial charge is 0.140 e. The minimum Gasteiger partial charge on any atom is -0.308 e. The minimum atomic E-state index is 0.567. The summed E-state index contributed by atoms with van der Waals surface area (Å²) in [6, 6.07) is 8.78. The molecule has 1 aromatic heterocycles. The zero-order valence-corrected chi connectivity index (χ0v) is 12.7. The van der Waals surface area contributed by atoms with Gasteiger partial charge >= 0.3 is 0 Å². The first-order chi connectivity index (χ1) is 9.10. The molecule has 0 spiro atoms. The molecule has 0 aliphatic carbocycles. The third-order valence-electron chi connectivity index (χ3n) is 2.32. The number of nitrogens with one attached hydrogen (secondary N) is 1. The first-order valence-electron chi connectivity index (χ1n) is 5.30. The molecule has 0 bridgehead atoms. The van der Waals surface area contributed by atoms with Crippen molar-refractivity contribution in [2.45, 2.75) is 10.6 Å². The van der Waals surface area contributed by atoms with E-state index in [2.05, 4.69) is 10.4 Å². The molecule has 0 fully saturated rings. The number of hydrogen-bond acceptors (Lipinski definition) is 4. The fraction of sp³-hybridized carbons (Fsp3) is 0.0833. The lowest BCUT2D eigenvalue weighted by molar-refractivity contribution is 1.14. The second-order valence-corrected chi connectivity index (χ2v) is 5.90. The molecule has 0 unspecified atom stereocenters. The average Bonchev–Trinajstić information content (AvgIpc) is 2.41. The molecule has 0 aliphatic rings. The van der Waals surface area contributed by atoms with Gasteiger partial charge in [-0.15, -0.1) is 11.8 Å². The number of halogens is 3. The molecule has 1 heterocycles. The molecule has 0 aliphatic heterocycles. The molecule has 0 amide bonds. The molecular weight excluding hydrogens is 325 g/mol. The highest BCUT2D eigenvalue weighted by Crippen LogP contribution is 2.33. The van der Waals surface area contributed by atoms with Crippen LogP contribution in [0.3, 0.4) is 0 Å². The summed E-state index contributed by atoms with van der Waals surface area (Å²) < 4.78 is 0. The number of benzene rings is 1. The Balaban J connectivity index is 2.16. The van der Waals surface area contributed by atoms with Gasteiger partial charge < -0.3 is 5.43 Å². The lowest BCUT2D eigenvalue weighted by atomic mass is 10.3. The number of anilines is 1. The van der Waals surface area contributed by atoms with Crippen LogP contribution in [0.2, 0.25) is 15.1 Å². The molecule has 19 heavy (non-hydrogen) atoms. The Morgan fingerprint density at radius 2 is 1.84 bits per heavy atom. The van der Waals surface area contributed by atoms with Crippen LogP contribution in [0.5, 0.6) is 0 Å². The maximum atomic E-state index is 6.10. The first kappa shape index (κ1) is 14.8. The van der Waals surface area contributed by atoms with E-state index in [1.54, 1.807) is 24.3 Å². The Bertz CT molecular complexity index is 592. The Labute approximate surface area is 130 Å². The van der Waals surface area contributed by atoms with Crippen LogP contribution >= 0.6 is 46.6 Å². The number of nitrogens with zero attached hydrogens (tertiary/aromatic N) is 1. The molecule has 3 nitrogen and oxygen atoms in total. The zero-order chi connectivity index (χ0) is 13.8. The van der Waals surface area contributed by atoms with Crippen molar-refractivity contribution in [3.63, 3.8) is 0 Å². The Morgan fingerprint density at radius 1 is 1.11 bits per heavy atom. The SMILES string of the molecule is NNc1ccc(Cl)c(CSc2cc(Cl)ccc2Cl)n1. The minimum absolute atomic E-state index is 0.567. The van der Waals surface area contributed by atoms with E-state index in [0.717, 1.165) is 10.6 Å². The largest absolute Gasteiger partial charge is 0.308 e. The predicted octanol–water partition coefficient (Wildman–Crippen LogP) is 4.62. The van der Waals surface area contributed by atoms with Crippen LogP contribution in [-0.4, -0.2) is 4.98 Å². The number of hydrazine groups is 1. The number of hydrogen-bond donors (Lipinski definition) is 2. The fourth-order valence-corrected chi connectivity index (χ4v) is 3.10. The van der Waals surface area contributed by atoms with Gasteiger partial charge in [-0.05, 0) is 30.3 Å². The van der Waals surface area contributed by atoms with Gasteiger partial charge in [0.25, 0.3) is 0 Å². The molecule has 2 rings (SSSR count). The van der Waals surface area contributed by atoms with E-state index in [1.165, 1.54) is 11.8 Å². The van der Waals surface area contributed by atoms with E-state index in [-0.39, 0.29) is 0 Å². The normalized spacial score (nSPS) is 10.5. The molecular formula is C12H10Cl3N3S. The van der Waals surface area contributed by atoms with Crippen LogP contribution in [0.15, 0.2) is 35.2 Å². The van der Waals surface area contributed by atoms with E-state index in [0.29, 0.717) is 26.6 Å². The number of nitrogen functional groups attached to an aromatic ring is 1. The monoisotopic (exact) mass is 333 g/mol. The lowest BCUT2D eigenvalue weighted by Gasteiger charge is -2.07.